The second kappa shape index (κ2) is 7.04. The smallest absolute Gasteiger partial charge is 0.272 e. The standard InChI is InChI=1S/C18H17N3O4/c1-3-16-13(19-10-25-16)9-15-18(23)20-14(17(22)21-15)8-11-5-4-6-12(7-11)24-2/h4-10H,3H2,1-2H3,(H,20,23)(H,21,22)/b14-8-,15-9-. The van der Waals surface area contributed by atoms with Gasteiger partial charge in [0.05, 0.1) is 7.11 Å². The van der Waals surface area contributed by atoms with E-state index in [-0.39, 0.29) is 10.7 Å². The number of aromatic nitrogens is 3. The van der Waals surface area contributed by atoms with Crippen LogP contribution >= 0.6 is 0 Å². The summed E-state index contributed by atoms with van der Waals surface area (Å²) < 4.78 is 10.4. The van der Waals surface area contributed by atoms with E-state index >= 15 is 0 Å². The molecule has 7 heteroatoms. The molecule has 0 saturated heterocycles. The van der Waals surface area contributed by atoms with Crippen molar-refractivity contribution in [1.29, 1.82) is 0 Å². The highest BCUT2D eigenvalue weighted by Gasteiger charge is 2.04. The summed E-state index contributed by atoms with van der Waals surface area (Å²) in [4.78, 5) is 33.8. The van der Waals surface area contributed by atoms with Crippen molar-refractivity contribution in [3.05, 3.63) is 79.1 Å². The van der Waals surface area contributed by atoms with Crippen LogP contribution in [-0.4, -0.2) is 22.1 Å². The van der Waals surface area contributed by atoms with E-state index < -0.39 is 11.1 Å². The Kier molecular flexibility index (Phi) is 4.65. The number of rotatable bonds is 4. The average molecular weight is 339 g/mol. The van der Waals surface area contributed by atoms with Crippen LogP contribution in [0.15, 0.2) is 44.7 Å². The second-order valence-corrected chi connectivity index (χ2v) is 5.32. The fourth-order valence-electron chi connectivity index (χ4n) is 2.39. The van der Waals surface area contributed by atoms with E-state index in [0.29, 0.717) is 23.6 Å². The topological polar surface area (TPSA) is 101 Å². The van der Waals surface area contributed by atoms with Crippen molar-refractivity contribution in [2.45, 2.75) is 13.3 Å². The molecule has 128 valence electrons. The first-order chi connectivity index (χ1) is 12.1. The van der Waals surface area contributed by atoms with Gasteiger partial charge in [0.25, 0.3) is 11.1 Å². The van der Waals surface area contributed by atoms with Crippen LogP contribution in [0.2, 0.25) is 0 Å². The molecular formula is C18H17N3O4. The van der Waals surface area contributed by atoms with Crippen LogP contribution in [-0.2, 0) is 6.42 Å². The number of H-pyrrole nitrogens is 2. The number of hydrogen-bond acceptors (Lipinski definition) is 5. The Morgan fingerprint density at radius 2 is 1.88 bits per heavy atom. The van der Waals surface area contributed by atoms with Crippen LogP contribution in [0.25, 0.3) is 12.2 Å². The van der Waals surface area contributed by atoms with Gasteiger partial charge in [0.2, 0.25) is 0 Å². The number of hydrogen-bond donors (Lipinski definition) is 2. The minimum absolute atomic E-state index is 0.122. The molecule has 0 bridgehead atoms. The van der Waals surface area contributed by atoms with E-state index in [1.54, 1.807) is 31.4 Å². The summed E-state index contributed by atoms with van der Waals surface area (Å²) in [6.07, 6.45) is 5.02. The van der Waals surface area contributed by atoms with Crippen molar-refractivity contribution in [3.8, 4) is 5.75 Å². The molecule has 7 nitrogen and oxygen atoms in total. The van der Waals surface area contributed by atoms with Crippen molar-refractivity contribution in [2.75, 3.05) is 7.11 Å². The van der Waals surface area contributed by atoms with Gasteiger partial charge in [0.15, 0.2) is 6.39 Å². The molecule has 2 heterocycles. The Hall–Kier alpha value is -3.35. The fraction of sp³-hybridized carbons (Fsp3) is 0.167. The number of aryl methyl sites for hydroxylation is 1. The molecule has 0 atom stereocenters. The summed E-state index contributed by atoms with van der Waals surface area (Å²) in [6, 6.07) is 7.17. The van der Waals surface area contributed by atoms with Crippen LogP contribution < -0.4 is 26.6 Å². The van der Waals surface area contributed by atoms with E-state index in [0.717, 1.165) is 5.56 Å². The summed E-state index contributed by atoms with van der Waals surface area (Å²) in [7, 11) is 1.56. The number of benzene rings is 1. The predicted octanol–water partition coefficient (Wildman–Crippen LogP) is 0.280. The molecule has 3 aromatic rings. The Morgan fingerprint density at radius 3 is 2.56 bits per heavy atom. The molecule has 0 saturated carbocycles. The Labute approximate surface area is 142 Å². The summed E-state index contributed by atoms with van der Waals surface area (Å²) >= 11 is 0. The molecule has 0 fully saturated rings. The number of methoxy groups -OCH3 is 1. The molecule has 0 radical (unpaired) electrons. The Bertz CT molecular complexity index is 1120. The first-order valence-corrected chi connectivity index (χ1v) is 7.73. The maximum atomic E-state index is 12.3. The van der Waals surface area contributed by atoms with Crippen molar-refractivity contribution < 1.29 is 9.15 Å². The van der Waals surface area contributed by atoms with Gasteiger partial charge in [-0.2, -0.15) is 0 Å². The van der Waals surface area contributed by atoms with Gasteiger partial charge in [0.1, 0.15) is 27.9 Å². The molecular weight excluding hydrogens is 322 g/mol. The van der Waals surface area contributed by atoms with Gasteiger partial charge in [-0.1, -0.05) is 19.1 Å². The summed E-state index contributed by atoms with van der Waals surface area (Å²) in [5.41, 5.74) is 0.434. The second-order valence-electron chi connectivity index (χ2n) is 5.32. The first-order valence-electron chi connectivity index (χ1n) is 7.73. The monoisotopic (exact) mass is 339 g/mol. The fourth-order valence-corrected chi connectivity index (χ4v) is 2.39. The molecule has 25 heavy (non-hydrogen) atoms. The Morgan fingerprint density at radius 1 is 1.16 bits per heavy atom. The third-order valence-electron chi connectivity index (χ3n) is 3.67. The third kappa shape index (κ3) is 3.60. The van der Waals surface area contributed by atoms with Gasteiger partial charge in [-0.15, -0.1) is 0 Å². The van der Waals surface area contributed by atoms with Crippen molar-refractivity contribution >= 4 is 12.2 Å². The maximum Gasteiger partial charge on any atom is 0.272 e. The Balaban J connectivity index is 2.11. The van der Waals surface area contributed by atoms with Crippen LogP contribution in [0.1, 0.15) is 23.9 Å². The van der Waals surface area contributed by atoms with Gasteiger partial charge in [-0.3, -0.25) is 9.59 Å². The van der Waals surface area contributed by atoms with Crippen LogP contribution in [0.5, 0.6) is 5.75 Å². The number of nitrogens with one attached hydrogen (secondary N) is 2. The van der Waals surface area contributed by atoms with Crippen molar-refractivity contribution in [3.63, 3.8) is 0 Å². The van der Waals surface area contributed by atoms with Gasteiger partial charge in [-0.05, 0) is 29.8 Å². The lowest BCUT2D eigenvalue weighted by molar-refractivity contribution is 0.414. The molecule has 0 amide bonds. The molecule has 1 aromatic carbocycles. The van der Waals surface area contributed by atoms with Gasteiger partial charge in [0, 0.05) is 6.42 Å². The number of aromatic amines is 2. The largest absolute Gasteiger partial charge is 0.497 e. The van der Waals surface area contributed by atoms with Crippen LogP contribution in [0.4, 0.5) is 0 Å². The molecule has 0 unspecified atom stereocenters. The summed E-state index contributed by atoms with van der Waals surface area (Å²) in [5.74, 6) is 1.31. The molecule has 0 aliphatic heterocycles. The lowest BCUT2D eigenvalue weighted by Gasteiger charge is -1.99. The predicted molar refractivity (Wildman–Crippen MR) is 92.9 cm³/mol. The van der Waals surface area contributed by atoms with Crippen molar-refractivity contribution in [2.24, 2.45) is 0 Å². The zero-order valence-electron chi connectivity index (χ0n) is 13.8. The van der Waals surface area contributed by atoms with E-state index in [2.05, 4.69) is 15.0 Å². The van der Waals surface area contributed by atoms with E-state index in [1.807, 2.05) is 13.0 Å². The SMILES string of the molecule is CCc1ocnc1/C=c1\[nH]c(=O)/c(=C/c2cccc(OC)c2)[nH]c1=O. The number of oxazole rings is 1. The van der Waals surface area contributed by atoms with Gasteiger partial charge >= 0.3 is 0 Å². The van der Waals surface area contributed by atoms with E-state index in [1.165, 1.54) is 12.5 Å². The van der Waals surface area contributed by atoms with E-state index in [9.17, 15) is 9.59 Å². The lowest BCUT2D eigenvalue weighted by Crippen LogP contribution is -2.46. The molecule has 0 aliphatic carbocycles. The van der Waals surface area contributed by atoms with Crippen molar-refractivity contribution in [1.82, 2.24) is 15.0 Å². The molecule has 0 spiro atoms. The quantitative estimate of drug-likeness (QED) is 0.711. The zero-order valence-corrected chi connectivity index (χ0v) is 13.8. The van der Waals surface area contributed by atoms with E-state index in [4.69, 9.17) is 9.15 Å². The minimum Gasteiger partial charge on any atom is -0.497 e. The highest BCUT2D eigenvalue weighted by Crippen LogP contribution is 2.12. The molecule has 2 aromatic heterocycles. The van der Waals surface area contributed by atoms with Gasteiger partial charge in [-0.25, -0.2) is 4.98 Å². The summed E-state index contributed by atoms with van der Waals surface area (Å²) in [6.45, 7) is 1.91. The highest BCUT2D eigenvalue weighted by atomic mass is 16.5. The van der Waals surface area contributed by atoms with Gasteiger partial charge < -0.3 is 19.1 Å². The number of ether oxygens (including phenoxy) is 1. The lowest BCUT2D eigenvalue weighted by atomic mass is 10.2. The molecule has 0 aliphatic rings. The van der Waals surface area contributed by atoms with Crippen LogP contribution in [0.3, 0.4) is 0 Å². The van der Waals surface area contributed by atoms with Crippen LogP contribution in [0, 0.1) is 0 Å². The average Bonchev–Trinajstić information content (AvgIpc) is 3.06. The number of nitrogens with zero attached hydrogens (tertiary/aromatic N) is 1. The normalized spacial score (nSPS) is 12.6. The molecule has 2 N–H and O–H groups in total. The maximum absolute atomic E-state index is 12.3. The highest BCUT2D eigenvalue weighted by molar-refractivity contribution is 5.51. The first kappa shape index (κ1) is 16.5. The molecule has 3 rings (SSSR count). The third-order valence-corrected chi connectivity index (χ3v) is 3.67. The zero-order chi connectivity index (χ0) is 17.8. The summed E-state index contributed by atoms with van der Waals surface area (Å²) in [5, 5.41) is 0.280. The minimum atomic E-state index is -0.418.